The molecule has 0 saturated carbocycles. The summed E-state index contributed by atoms with van der Waals surface area (Å²) in [7, 11) is 0. The second kappa shape index (κ2) is 12.0. The standard InChI is InChI=1S/C38H44/c1-25(2)29-9-17-33(18-10-29)37(34-19-11-30(12-20-34)26(3)4)38(35-21-13-31(14-22-35)27(5)6)36-23-15-32(16-24-36)28(7)8/h9-28H,1-8H3. The van der Waals surface area contributed by atoms with Crippen LogP contribution in [-0.4, -0.2) is 0 Å². The third-order valence-corrected chi connectivity index (χ3v) is 7.71. The van der Waals surface area contributed by atoms with Gasteiger partial charge in [0, 0.05) is 0 Å². The van der Waals surface area contributed by atoms with Gasteiger partial charge < -0.3 is 0 Å². The average Bonchev–Trinajstić information content (AvgIpc) is 2.92. The summed E-state index contributed by atoms with van der Waals surface area (Å²) in [6.07, 6.45) is 0. The summed E-state index contributed by atoms with van der Waals surface area (Å²) in [5.74, 6) is 2.03. The van der Waals surface area contributed by atoms with Gasteiger partial charge >= 0.3 is 0 Å². The Hall–Kier alpha value is -3.38. The molecule has 0 saturated heterocycles. The summed E-state index contributed by atoms with van der Waals surface area (Å²) in [6.45, 7) is 18.1. The van der Waals surface area contributed by atoms with Crippen LogP contribution in [-0.2, 0) is 0 Å². The minimum absolute atomic E-state index is 0.508. The van der Waals surface area contributed by atoms with E-state index < -0.39 is 0 Å². The highest BCUT2D eigenvalue weighted by Gasteiger charge is 2.18. The first-order valence-electron chi connectivity index (χ1n) is 14.3. The molecular formula is C38H44. The summed E-state index contributed by atoms with van der Waals surface area (Å²) in [5.41, 5.74) is 13.0. The van der Waals surface area contributed by atoms with Gasteiger partial charge in [-0.25, -0.2) is 0 Å². The Balaban J connectivity index is 2.03. The Morgan fingerprint density at radius 1 is 0.289 bits per heavy atom. The van der Waals surface area contributed by atoms with Crippen molar-refractivity contribution in [1.82, 2.24) is 0 Å². The lowest BCUT2D eigenvalue weighted by atomic mass is 9.83. The lowest BCUT2D eigenvalue weighted by Gasteiger charge is -2.20. The normalized spacial score (nSPS) is 11.6. The first kappa shape index (κ1) is 27.6. The highest BCUT2D eigenvalue weighted by atomic mass is 14.2. The van der Waals surface area contributed by atoms with E-state index in [-0.39, 0.29) is 0 Å². The van der Waals surface area contributed by atoms with Crippen molar-refractivity contribution in [1.29, 1.82) is 0 Å². The first-order valence-corrected chi connectivity index (χ1v) is 14.3. The summed E-state index contributed by atoms with van der Waals surface area (Å²) in [4.78, 5) is 0. The maximum absolute atomic E-state index is 2.31. The maximum Gasteiger partial charge on any atom is -0.00268 e. The Morgan fingerprint density at radius 3 is 0.579 bits per heavy atom. The molecule has 0 aliphatic rings. The number of rotatable bonds is 8. The summed E-state index contributed by atoms with van der Waals surface area (Å²) >= 11 is 0. The van der Waals surface area contributed by atoms with Crippen molar-refractivity contribution < 1.29 is 0 Å². The van der Waals surface area contributed by atoms with E-state index in [0.29, 0.717) is 23.7 Å². The molecule has 0 aliphatic heterocycles. The fourth-order valence-electron chi connectivity index (χ4n) is 5.05. The number of hydrogen-bond donors (Lipinski definition) is 0. The molecule has 0 bridgehead atoms. The third kappa shape index (κ3) is 6.18. The van der Waals surface area contributed by atoms with Gasteiger partial charge in [0.15, 0.2) is 0 Å². The highest BCUT2D eigenvalue weighted by Crippen LogP contribution is 2.38. The zero-order valence-corrected chi connectivity index (χ0v) is 24.5. The molecule has 38 heavy (non-hydrogen) atoms. The first-order chi connectivity index (χ1) is 18.2. The molecule has 0 heteroatoms. The molecule has 0 atom stereocenters. The summed E-state index contributed by atoms with van der Waals surface area (Å²) in [6, 6.07) is 36.9. The monoisotopic (exact) mass is 500 g/mol. The molecule has 196 valence electrons. The maximum atomic E-state index is 2.31. The van der Waals surface area contributed by atoms with Crippen molar-refractivity contribution >= 4 is 11.1 Å². The van der Waals surface area contributed by atoms with Gasteiger partial charge in [-0.1, -0.05) is 152 Å². The van der Waals surface area contributed by atoms with Gasteiger partial charge in [-0.15, -0.1) is 0 Å². The molecule has 0 unspecified atom stereocenters. The predicted octanol–water partition coefficient (Wildman–Crippen LogP) is 11.2. The second-order valence-electron chi connectivity index (χ2n) is 11.9. The van der Waals surface area contributed by atoms with E-state index in [0.717, 1.165) is 0 Å². The van der Waals surface area contributed by atoms with Crippen LogP contribution in [0.1, 0.15) is 124 Å². The molecule has 0 aliphatic carbocycles. The van der Waals surface area contributed by atoms with Crippen LogP contribution in [0.5, 0.6) is 0 Å². The lowest BCUT2D eigenvalue weighted by Crippen LogP contribution is -2.00. The van der Waals surface area contributed by atoms with Crippen LogP contribution in [0.15, 0.2) is 97.1 Å². The zero-order chi connectivity index (χ0) is 27.4. The molecule has 0 fully saturated rings. The average molecular weight is 501 g/mol. The number of hydrogen-bond acceptors (Lipinski definition) is 0. The van der Waals surface area contributed by atoms with E-state index in [1.807, 2.05) is 0 Å². The van der Waals surface area contributed by atoms with E-state index in [1.54, 1.807) is 0 Å². The van der Waals surface area contributed by atoms with Gasteiger partial charge in [0.2, 0.25) is 0 Å². The summed E-state index contributed by atoms with van der Waals surface area (Å²) < 4.78 is 0. The number of benzene rings is 4. The fourth-order valence-corrected chi connectivity index (χ4v) is 5.05. The largest absolute Gasteiger partial charge is 0.0587 e. The molecule has 0 amide bonds. The van der Waals surface area contributed by atoms with Gasteiger partial charge in [-0.2, -0.15) is 0 Å². The van der Waals surface area contributed by atoms with E-state index >= 15 is 0 Å². The molecule has 0 N–H and O–H groups in total. The molecular weight excluding hydrogens is 456 g/mol. The van der Waals surface area contributed by atoms with E-state index in [2.05, 4.69) is 152 Å². The Kier molecular flexibility index (Phi) is 8.72. The van der Waals surface area contributed by atoms with E-state index in [1.165, 1.54) is 55.7 Å². The van der Waals surface area contributed by atoms with Crippen molar-refractivity contribution in [2.45, 2.75) is 79.1 Å². The van der Waals surface area contributed by atoms with Crippen LogP contribution >= 0.6 is 0 Å². The predicted molar refractivity (Wildman–Crippen MR) is 167 cm³/mol. The van der Waals surface area contributed by atoms with Gasteiger partial charge in [-0.05, 0) is 79.3 Å². The van der Waals surface area contributed by atoms with Gasteiger partial charge in [0.1, 0.15) is 0 Å². The molecule has 4 aromatic rings. The van der Waals surface area contributed by atoms with Gasteiger partial charge in [-0.3, -0.25) is 0 Å². The van der Waals surface area contributed by atoms with Crippen LogP contribution < -0.4 is 0 Å². The molecule has 4 rings (SSSR count). The molecule has 4 aromatic carbocycles. The molecule has 0 radical (unpaired) electrons. The van der Waals surface area contributed by atoms with Crippen LogP contribution in [0.3, 0.4) is 0 Å². The Bertz CT molecular complexity index is 1130. The zero-order valence-electron chi connectivity index (χ0n) is 24.5. The van der Waals surface area contributed by atoms with Crippen LogP contribution in [0, 0.1) is 0 Å². The molecule has 0 spiro atoms. The molecule has 0 aromatic heterocycles. The Labute approximate surface area is 231 Å². The van der Waals surface area contributed by atoms with Crippen LogP contribution in [0.2, 0.25) is 0 Å². The summed E-state index contributed by atoms with van der Waals surface area (Å²) in [5, 5.41) is 0. The van der Waals surface area contributed by atoms with Crippen molar-refractivity contribution in [3.63, 3.8) is 0 Å². The minimum Gasteiger partial charge on any atom is -0.0587 e. The van der Waals surface area contributed by atoms with Gasteiger partial charge in [0.05, 0.1) is 0 Å². The van der Waals surface area contributed by atoms with Crippen molar-refractivity contribution in [2.24, 2.45) is 0 Å². The third-order valence-electron chi connectivity index (χ3n) is 7.71. The Morgan fingerprint density at radius 2 is 0.447 bits per heavy atom. The second-order valence-corrected chi connectivity index (χ2v) is 11.9. The SMILES string of the molecule is CC(C)c1ccc(C(=C(c2ccc(C(C)C)cc2)c2ccc(C(C)C)cc2)c2ccc(C(C)C)cc2)cc1. The minimum atomic E-state index is 0.508. The van der Waals surface area contributed by atoms with Crippen molar-refractivity contribution in [3.8, 4) is 0 Å². The topological polar surface area (TPSA) is 0 Å². The highest BCUT2D eigenvalue weighted by molar-refractivity contribution is 6.04. The molecule has 0 heterocycles. The smallest absolute Gasteiger partial charge is 0.00268 e. The van der Waals surface area contributed by atoms with E-state index in [9.17, 15) is 0 Å². The lowest BCUT2D eigenvalue weighted by molar-refractivity contribution is 0.865. The fraction of sp³-hybridized carbons (Fsp3) is 0.316. The van der Waals surface area contributed by atoms with Crippen LogP contribution in [0.25, 0.3) is 11.1 Å². The van der Waals surface area contributed by atoms with E-state index in [4.69, 9.17) is 0 Å². The van der Waals surface area contributed by atoms with Crippen LogP contribution in [0.4, 0.5) is 0 Å². The quantitative estimate of drug-likeness (QED) is 0.211. The van der Waals surface area contributed by atoms with Crippen molar-refractivity contribution in [2.75, 3.05) is 0 Å². The van der Waals surface area contributed by atoms with Gasteiger partial charge in [0.25, 0.3) is 0 Å². The van der Waals surface area contributed by atoms with Crippen molar-refractivity contribution in [3.05, 3.63) is 142 Å². The molecule has 0 nitrogen and oxygen atoms in total.